The maximum absolute atomic E-state index is 11.4. The van der Waals surface area contributed by atoms with Crippen molar-refractivity contribution < 1.29 is 12.6 Å². The molecule has 0 aromatic carbocycles. The summed E-state index contributed by atoms with van der Waals surface area (Å²) in [5.74, 6) is 0.400. The summed E-state index contributed by atoms with van der Waals surface area (Å²) in [6, 6.07) is 4.92. The Morgan fingerprint density at radius 3 is 2.86 bits per heavy atom. The molecule has 0 bridgehead atoms. The number of pyridine rings is 1. The molecule has 0 radical (unpaired) electrons. The third-order valence-electron chi connectivity index (χ3n) is 1.97. The van der Waals surface area contributed by atoms with Crippen LogP contribution < -0.4 is 4.31 Å². The van der Waals surface area contributed by atoms with Crippen LogP contribution in [0, 0.1) is 0 Å². The number of rotatable bonds is 1. The molecule has 0 unspecified atom stereocenters. The summed E-state index contributed by atoms with van der Waals surface area (Å²) in [7, 11) is -3.62. The Hall–Kier alpha value is -1.14. The lowest BCUT2D eigenvalue weighted by molar-refractivity contribution is 0.343. The fraction of sp³-hybridized carbons (Fsp3) is 0.375. The van der Waals surface area contributed by atoms with Gasteiger partial charge in [0.25, 0.3) is 0 Å². The molecule has 1 aliphatic heterocycles. The topological polar surface area (TPSA) is 59.5 Å². The van der Waals surface area contributed by atoms with Gasteiger partial charge in [0.15, 0.2) is 0 Å². The van der Waals surface area contributed by atoms with Crippen molar-refractivity contribution in [1.29, 1.82) is 0 Å². The SMILES string of the molecule is C[C@@H]1COS(=O)(=O)N1c1ccccn1. The van der Waals surface area contributed by atoms with E-state index in [9.17, 15) is 8.42 Å². The third kappa shape index (κ3) is 1.46. The first-order valence-electron chi connectivity index (χ1n) is 4.21. The lowest BCUT2D eigenvalue weighted by atomic mass is 10.3. The van der Waals surface area contributed by atoms with E-state index < -0.39 is 10.3 Å². The molecule has 0 saturated carbocycles. The van der Waals surface area contributed by atoms with Crippen LogP contribution in [0.5, 0.6) is 0 Å². The van der Waals surface area contributed by atoms with Gasteiger partial charge >= 0.3 is 10.3 Å². The molecule has 0 amide bonds. The van der Waals surface area contributed by atoms with Crippen LogP contribution >= 0.6 is 0 Å². The molecule has 14 heavy (non-hydrogen) atoms. The molecule has 5 nitrogen and oxygen atoms in total. The van der Waals surface area contributed by atoms with Crippen LogP contribution in [0.15, 0.2) is 24.4 Å². The highest BCUT2D eigenvalue weighted by atomic mass is 32.2. The van der Waals surface area contributed by atoms with Crippen molar-refractivity contribution in [3.8, 4) is 0 Å². The van der Waals surface area contributed by atoms with Crippen molar-refractivity contribution in [2.75, 3.05) is 10.9 Å². The fourth-order valence-corrected chi connectivity index (χ4v) is 2.67. The Labute approximate surface area is 82.6 Å². The predicted octanol–water partition coefficient (Wildman–Crippen LogP) is 0.552. The minimum atomic E-state index is -3.62. The van der Waals surface area contributed by atoms with Crippen molar-refractivity contribution in [1.82, 2.24) is 4.98 Å². The summed E-state index contributed by atoms with van der Waals surface area (Å²) in [6.07, 6.45) is 1.55. The molecule has 1 aromatic heterocycles. The number of hydrogen-bond donors (Lipinski definition) is 0. The lowest BCUT2D eigenvalue weighted by Crippen LogP contribution is -2.32. The van der Waals surface area contributed by atoms with Crippen LogP contribution in [0.3, 0.4) is 0 Å². The van der Waals surface area contributed by atoms with E-state index in [4.69, 9.17) is 0 Å². The van der Waals surface area contributed by atoms with Crippen molar-refractivity contribution in [3.63, 3.8) is 0 Å². The minimum Gasteiger partial charge on any atom is -0.251 e. The Morgan fingerprint density at radius 1 is 1.57 bits per heavy atom. The van der Waals surface area contributed by atoms with Crippen LogP contribution in [-0.2, 0) is 14.5 Å². The number of anilines is 1. The summed E-state index contributed by atoms with van der Waals surface area (Å²) < 4.78 is 28.7. The first-order valence-corrected chi connectivity index (χ1v) is 5.57. The molecule has 6 heteroatoms. The highest BCUT2D eigenvalue weighted by Crippen LogP contribution is 2.24. The largest absolute Gasteiger partial charge is 0.364 e. The summed E-state index contributed by atoms with van der Waals surface area (Å²) in [5.41, 5.74) is 0. The number of nitrogens with zero attached hydrogens (tertiary/aromatic N) is 2. The van der Waals surface area contributed by atoms with E-state index in [1.54, 1.807) is 31.3 Å². The Bertz CT molecular complexity index is 417. The second-order valence-corrected chi connectivity index (χ2v) is 4.56. The number of aromatic nitrogens is 1. The quantitative estimate of drug-likeness (QED) is 0.685. The molecule has 1 saturated heterocycles. The van der Waals surface area contributed by atoms with E-state index >= 15 is 0 Å². The molecule has 2 heterocycles. The minimum absolute atomic E-state index is 0.179. The smallest absolute Gasteiger partial charge is 0.251 e. The Balaban J connectivity index is 2.43. The Morgan fingerprint density at radius 2 is 2.36 bits per heavy atom. The fourth-order valence-electron chi connectivity index (χ4n) is 1.35. The van der Waals surface area contributed by atoms with Gasteiger partial charge < -0.3 is 0 Å². The van der Waals surface area contributed by atoms with Crippen LogP contribution in [-0.4, -0.2) is 26.1 Å². The standard InChI is InChI=1S/C8H10N2O3S/c1-7-6-13-14(11,12)10(7)8-4-2-3-5-9-8/h2-5,7H,6H2,1H3/t7-/m1/s1. The van der Waals surface area contributed by atoms with Crippen LogP contribution in [0.2, 0.25) is 0 Å². The van der Waals surface area contributed by atoms with Crippen molar-refractivity contribution in [2.45, 2.75) is 13.0 Å². The zero-order chi connectivity index (χ0) is 10.2. The van der Waals surface area contributed by atoms with Crippen molar-refractivity contribution in [2.24, 2.45) is 0 Å². The zero-order valence-electron chi connectivity index (χ0n) is 7.62. The average molecular weight is 214 g/mol. The molecule has 76 valence electrons. The molecule has 0 N–H and O–H groups in total. The molecular weight excluding hydrogens is 204 g/mol. The van der Waals surface area contributed by atoms with Gasteiger partial charge in [-0.25, -0.2) is 9.29 Å². The third-order valence-corrected chi connectivity index (χ3v) is 3.44. The molecule has 0 spiro atoms. The van der Waals surface area contributed by atoms with Gasteiger partial charge in [-0.1, -0.05) is 6.07 Å². The first kappa shape index (κ1) is 9.42. The first-order chi connectivity index (χ1) is 6.61. The van der Waals surface area contributed by atoms with Crippen molar-refractivity contribution in [3.05, 3.63) is 24.4 Å². The van der Waals surface area contributed by atoms with E-state index in [1.165, 1.54) is 4.31 Å². The molecule has 1 aromatic rings. The summed E-state index contributed by atoms with van der Waals surface area (Å²) in [6.45, 7) is 1.96. The van der Waals surface area contributed by atoms with Crippen LogP contribution in [0.25, 0.3) is 0 Å². The normalized spacial score (nSPS) is 25.2. The zero-order valence-corrected chi connectivity index (χ0v) is 8.44. The second kappa shape index (κ2) is 3.21. The van der Waals surface area contributed by atoms with E-state index in [-0.39, 0.29) is 12.6 Å². The van der Waals surface area contributed by atoms with Gasteiger partial charge in [0.2, 0.25) is 0 Å². The van der Waals surface area contributed by atoms with Gasteiger partial charge in [-0.05, 0) is 19.1 Å². The summed E-state index contributed by atoms with van der Waals surface area (Å²) in [5, 5.41) is 0. The van der Waals surface area contributed by atoms with Crippen LogP contribution in [0.4, 0.5) is 5.82 Å². The molecule has 0 aliphatic carbocycles. The maximum atomic E-state index is 11.4. The van der Waals surface area contributed by atoms with Gasteiger partial charge in [0.1, 0.15) is 5.82 Å². The van der Waals surface area contributed by atoms with Gasteiger partial charge in [-0.3, -0.25) is 4.18 Å². The molecule has 1 atom stereocenters. The average Bonchev–Trinajstić information content (AvgIpc) is 2.42. The highest BCUT2D eigenvalue weighted by molar-refractivity contribution is 7.88. The molecule has 1 aliphatic rings. The number of hydrogen-bond acceptors (Lipinski definition) is 4. The van der Waals surface area contributed by atoms with Gasteiger partial charge in [-0.15, -0.1) is 0 Å². The van der Waals surface area contributed by atoms with E-state index in [1.807, 2.05) is 0 Å². The second-order valence-electron chi connectivity index (χ2n) is 3.08. The highest BCUT2D eigenvalue weighted by Gasteiger charge is 2.36. The predicted molar refractivity (Wildman–Crippen MR) is 51.0 cm³/mol. The molecule has 2 rings (SSSR count). The molecular formula is C8H10N2O3S. The summed E-state index contributed by atoms with van der Waals surface area (Å²) in [4.78, 5) is 3.97. The van der Waals surface area contributed by atoms with Gasteiger partial charge in [0.05, 0.1) is 12.6 Å². The lowest BCUT2D eigenvalue weighted by Gasteiger charge is -2.17. The monoisotopic (exact) mass is 214 g/mol. The Kier molecular flexibility index (Phi) is 2.16. The van der Waals surface area contributed by atoms with Gasteiger partial charge in [-0.2, -0.15) is 8.42 Å². The van der Waals surface area contributed by atoms with Crippen molar-refractivity contribution >= 4 is 16.1 Å². The van der Waals surface area contributed by atoms with E-state index in [2.05, 4.69) is 9.17 Å². The van der Waals surface area contributed by atoms with E-state index in [0.29, 0.717) is 5.82 Å². The maximum Gasteiger partial charge on any atom is 0.364 e. The van der Waals surface area contributed by atoms with Crippen LogP contribution in [0.1, 0.15) is 6.92 Å². The van der Waals surface area contributed by atoms with E-state index in [0.717, 1.165) is 0 Å². The van der Waals surface area contributed by atoms with Gasteiger partial charge in [0, 0.05) is 6.20 Å². The summed E-state index contributed by atoms with van der Waals surface area (Å²) >= 11 is 0. The molecule has 1 fully saturated rings.